The van der Waals surface area contributed by atoms with E-state index >= 15 is 0 Å². The van der Waals surface area contributed by atoms with Gasteiger partial charge in [0, 0.05) is 29.8 Å². The van der Waals surface area contributed by atoms with Crippen molar-refractivity contribution in [3.63, 3.8) is 0 Å². The molecule has 0 aliphatic carbocycles. The minimum Gasteiger partial charge on any atom is -0.275 e. The third-order valence-electron chi connectivity index (χ3n) is 2.35. The molecule has 16 heavy (non-hydrogen) atoms. The van der Waals surface area contributed by atoms with Gasteiger partial charge < -0.3 is 0 Å². The molecule has 0 aliphatic heterocycles. The molecule has 0 spiro atoms. The van der Waals surface area contributed by atoms with E-state index in [0.717, 1.165) is 10.3 Å². The van der Waals surface area contributed by atoms with Crippen molar-refractivity contribution in [2.24, 2.45) is 7.05 Å². The Balaban J connectivity index is 2.90. The predicted molar refractivity (Wildman–Crippen MR) is 67.5 cm³/mol. The molecule has 0 radical (unpaired) electrons. The number of benzene rings is 1. The highest BCUT2D eigenvalue weighted by Gasteiger charge is 2.14. The molecule has 1 unspecified atom stereocenters. The Morgan fingerprint density at radius 2 is 2.19 bits per heavy atom. The van der Waals surface area contributed by atoms with E-state index in [4.69, 9.17) is 4.78 Å². The van der Waals surface area contributed by atoms with Crippen molar-refractivity contribution in [2.75, 3.05) is 12.5 Å². The first-order chi connectivity index (χ1) is 7.43. The summed E-state index contributed by atoms with van der Waals surface area (Å²) in [6.45, 7) is 0. The summed E-state index contributed by atoms with van der Waals surface area (Å²) in [4.78, 5) is 1.61. The Bertz CT molecular complexity index is 643. The SMILES string of the molecule is CSc1ccc(S(C)(=N)=O)c2nn(C)cc12. The summed E-state index contributed by atoms with van der Waals surface area (Å²) in [6, 6.07) is 3.65. The number of aromatic nitrogens is 2. The van der Waals surface area contributed by atoms with Gasteiger partial charge in [0.15, 0.2) is 0 Å². The van der Waals surface area contributed by atoms with Crippen molar-refractivity contribution in [2.45, 2.75) is 9.79 Å². The summed E-state index contributed by atoms with van der Waals surface area (Å²) in [5.74, 6) is 0. The van der Waals surface area contributed by atoms with E-state index in [-0.39, 0.29) is 0 Å². The van der Waals surface area contributed by atoms with Gasteiger partial charge in [0.05, 0.1) is 14.6 Å². The third kappa shape index (κ3) is 1.82. The average Bonchev–Trinajstić information content (AvgIpc) is 2.55. The zero-order valence-corrected chi connectivity index (χ0v) is 11.0. The molecule has 0 saturated carbocycles. The van der Waals surface area contributed by atoms with Crippen molar-refractivity contribution >= 4 is 32.4 Å². The van der Waals surface area contributed by atoms with Gasteiger partial charge in [-0.25, -0.2) is 8.99 Å². The fraction of sp³-hybridized carbons (Fsp3) is 0.300. The van der Waals surface area contributed by atoms with E-state index in [2.05, 4.69) is 5.10 Å². The smallest absolute Gasteiger partial charge is 0.110 e. The number of rotatable bonds is 2. The van der Waals surface area contributed by atoms with Gasteiger partial charge in [0.25, 0.3) is 0 Å². The first-order valence-corrected chi connectivity index (χ1v) is 7.86. The Morgan fingerprint density at radius 1 is 1.50 bits per heavy atom. The lowest BCUT2D eigenvalue weighted by Crippen LogP contribution is -1.97. The molecule has 6 heteroatoms. The summed E-state index contributed by atoms with van der Waals surface area (Å²) >= 11 is 1.62. The van der Waals surface area contributed by atoms with Gasteiger partial charge in [0.2, 0.25) is 0 Å². The van der Waals surface area contributed by atoms with Crippen LogP contribution in [0.4, 0.5) is 0 Å². The Morgan fingerprint density at radius 3 is 2.75 bits per heavy atom. The number of hydrogen-bond acceptors (Lipinski definition) is 4. The summed E-state index contributed by atoms with van der Waals surface area (Å²) < 4.78 is 21.2. The van der Waals surface area contributed by atoms with E-state index < -0.39 is 9.73 Å². The molecule has 2 aromatic rings. The molecule has 1 atom stereocenters. The van der Waals surface area contributed by atoms with E-state index in [0.29, 0.717) is 10.4 Å². The second-order valence-corrected chi connectivity index (χ2v) is 6.65. The average molecular weight is 255 g/mol. The van der Waals surface area contributed by atoms with Gasteiger partial charge in [-0.3, -0.25) is 4.68 Å². The van der Waals surface area contributed by atoms with Crippen LogP contribution in [0.25, 0.3) is 10.9 Å². The molecule has 0 aliphatic rings. The second kappa shape index (κ2) is 3.78. The number of hydrogen-bond donors (Lipinski definition) is 1. The van der Waals surface area contributed by atoms with Crippen LogP contribution in [0.15, 0.2) is 28.1 Å². The lowest BCUT2D eigenvalue weighted by Gasteiger charge is -2.04. The first-order valence-electron chi connectivity index (χ1n) is 4.67. The molecular formula is C10H13N3OS2. The van der Waals surface area contributed by atoms with Crippen LogP contribution < -0.4 is 0 Å². The molecule has 1 aromatic carbocycles. The molecule has 0 amide bonds. The van der Waals surface area contributed by atoms with Crippen LogP contribution in [0.3, 0.4) is 0 Å². The highest BCUT2D eigenvalue weighted by atomic mass is 32.2. The standard InChI is InChI=1S/C10H13N3OS2/c1-13-6-7-8(15-2)4-5-9(10(7)12-13)16(3,11)14/h4-6,11H,1-3H3. The predicted octanol–water partition coefficient (Wildman–Crippen LogP) is 2.33. The maximum atomic E-state index is 11.8. The number of aryl methyl sites for hydroxylation is 1. The molecule has 0 fully saturated rings. The van der Waals surface area contributed by atoms with Crippen molar-refractivity contribution in [3.05, 3.63) is 18.3 Å². The second-order valence-electron chi connectivity index (χ2n) is 3.67. The van der Waals surface area contributed by atoms with Crippen LogP contribution in [0.5, 0.6) is 0 Å². The molecule has 1 heterocycles. The quantitative estimate of drug-likeness (QED) is 0.838. The lowest BCUT2D eigenvalue weighted by atomic mass is 10.2. The van der Waals surface area contributed by atoms with Gasteiger partial charge in [-0.1, -0.05) is 0 Å². The maximum absolute atomic E-state index is 11.8. The van der Waals surface area contributed by atoms with Crippen molar-refractivity contribution < 1.29 is 4.21 Å². The van der Waals surface area contributed by atoms with Crippen molar-refractivity contribution in [1.82, 2.24) is 9.78 Å². The van der Waals surface area contributed by atoms with Gasteiger partial charge >= 0.3 is 0 Å². The Kier molecular flexibility index (Phi) is 2.71. The highest BCUT2D eigenvalue weighted by molar-refractivity contribution is 7.98. The Hall–Kier alpha value is -1.01. The number of nitrogens with one attached hydrogen (secondary N) is 1. The third-order valence-corrected chi connectivity index (χ3v) is 4.32. The first kappa shape index (κ1) is 11.5. The highest BCUT2D eigenvalue weighted by Crippen LogP contribution is 2.30. The number of fused-ring (bicyclic) bond motifs is 1. The van der Waals surface area contributed by atoms with Gasteiger partial charge in [-0.2, -0.15) is 5.10 Å². The van der Waals surface area contributed by atoms with E-state index in [1.54, 1.807) is 22.5 Å². The zero-order chi connectivity index (χ0) is 11.9. The zero-order valence-electron chi connectivity index (χ0n) is 9.35. The van der Waals surface area contributed by atoms with E-state index in [9.17, 15) is 4.21 Å². The molecule has 2 rings (SSSR count). The van der Waals surface area contributed by atoms with Crippen LogP contribution in [-0.2, 0) is 16.8 Å². The minimum absolute atomic E-state index is 0.515. The number of nitrogens with zero attached hydrogens (tertiary/aromatic N) is 2. The van der Waals surface area contributed by atoms with E-state index in [1.807, 2.05) is 25.6 Å². The molecule has 1 N–H and O–H groups in total. The lowest BCUT2D eigenvalue weighted by molar-refractivity contribution is 0.679. The molecule has 1 aromatic heterocycles. The largest absolute Gasteiger partial charge is 0.275 e. The van der Waals surface area contributed by atoms with Gasteiger partial charge in [-0.05, 0) is 18.4 Å². The van der Waals surface area contributed by atoms with Crippen LogP contribution >= 0.6 is 11.8 Å². The molecule has 0 bridgehead atoms. The summed E-state index contributed by atoms with van der Waals surface area (Å²) in [5.41, 5.74) is 0.678. The molecule has 0 saturated heterocycles. The van der Waals surface area contributed by atoms with Crippen LogP contribution in [-0.4, -0.2) is 26.5 Å². The maximum Gasteiger partial charge on any atom is 0.110 e. The summed E-state index contributed by atoms with van der Waals surface area (Å²) in [7, 11) is -0.897. The van der Waals surface area contributed by atoms with E-state index in [1.165, 1.54) is 6.26 Å². The Labute approximate surface area is 99.0 Å². The monoisotopic (exact) mass is 255 g/mol. The molecule has 4 nitrogen and oxygen atoms in total. The fourth-order valence-electron chi connectivity index (χ4n) is 1.66. The van der Waals surface area contributed by atoms with Crippen molar-refractivity contribution in [1.29, 1.82) is 4.78 Å². The van der Waals surface area contributed by atoms with Crippen molar-refractivity contribution in [3.8, 4) is 0 Å². The van der Waals surface area contributed by atoms with Gasteiger partial charge in [0.1, 0.15) is 5.52 Å². The summed E-state index contributed by atoms with van der Waals surface area (Å²) in [5, 5.41) is 5.26. The van der Waals surface area contributed by atoms with Gasteiger partial charge in [-0.15, -0.1) is 11.8 Å². The van der Waals surface area contributed by atoms with Crippen LogP contribution in [0, 0.1) is 4.78 Å². The normalized spacial score (nSPS) is 15.2. The topological polar surface area (TPSA) is 58.7 Å². The summed E-state index contributed by atoms with van der Waals surface area (Å²) in [6.07, 6.45) is 5.32. The van der Waals surface area contributed by atoms with Crippen LogP contribution in [0.1, 0.15) is 0 Å². The fourth-order valence-corrected chi connectivity index (χ4v) is 3.08. The molecular weight excluding hydrogens is 242 g/mol. The molecule has 86 valence electrons. The minimum atomic E-state index is -2.73. The number of thioether (sulfide) groups is 1. The van der Waals surface area contributed by atoms with Crippen LogP contribution in [0.2, 0.25) is 0 Å².